The number of piperazine rings is 1. The number of hydrogen-bond donors (Lipinski definition) is 0. The van der Waals surface area contributed by atoms with E-state index in [1.165, 1.54) is 71.2 Å². The summed E-state index contributed by atoms with van der Waals surface area (Å²) in [6.07, 6.45) is 7.60. The van der Waals surface area contributed by atoms with E-state index in [4.69, 9.17) is 4.42 Å². The number of likely N-dealkylation sites (N-methyl/N-ethyl adjacent to an activating group) is 1. The Morgan fingerprint density at radius 2 is 1.86 bits per heavy atom. The molecule has 2 aliphatic rings. The first-order chi connectivity index (χ1) is 10.8. The average Bonchev–Trinajstić information content (AvgIpc) is 3.03. The first kappa shape index (κ1) is 16.3. The van der Waals surface area contributed by atoms with Crippen LogP contribution in [-0.4, -0.2) is 65.5 Å². The zero-order valence-corrected chi connectivity index (χ0v) is 14.5. The van der Waals surface area contributed by atoms with Gasteiger partial charge in [0.05, 0.1) is 0 Å². The summed E-state index contributed by atoms with van der Waals surface area (Å²) in [5.41, 5.74) is 0. The molecule has 0 atom stereocenters. The van der Waals surface area contributed by atoms with Crippen LogP contribution in [0.2, 0.25) is 0 Å². The molecule has 0 spiro atoms. The second-order valence-electron chi connectivity index (χ2n) is 6.59. The maximum Gasteiger partial charge on any atom is 0.276 e. The number of aromatic nitrogens is 2. The Labute approximate surface area is 137 Å². The average molecular weight is 324 g/mol. The Balaban J connectivity index is 1.34. The smallest absolute Gasteiger partial charge is 0.276 e. The molecule has 0 bridgehead atoms. The van der Waals surface area contributed by atoms with Crippen molar-refractivity contribution >= 4 is 11.8 Å². The van der Waals surface area contributed by atoms with Crippen molar-refractivity contribution in [1.82, 2.24) is 20.0 Å². The summed E-state index contributed by atoms with van der Waals surface area (Å²) in [5.74, 6) is 2.46. The summed E-state index contributed by atoms with van der Waals surface area (Å²) in [4.78, 5) is 4.96. The van der Waals surface area contributed by atoms with E-state index in [0.717, 1.165) is 16.9 Å². The van der Waals surface area contributed by atoms with Gasteiger partial charge in [-0.05, 0) is 32.9 Å². The Morgan fingerprint density at radius 1 is 1.09 bits per heavy atom. The lowest BCUT2D eigenvalue weighted by Crippen LogP contribution is -2.44. The molecule has 22 heavy (non-hydrogen) atoms. The van der Waals surface area contributed by atoms with Crippen LogP contribution in [0, 0.1) is 0 Å². The largest absolute Gasteiger partial charge is 0.416 e. The third-order valence-corrected chi connectivity index (χ3v) is 5.72. The van der Waals surface area contributed by atoms with E-state index in [-0.39, 0.29) is 0 Å². The predicted octanol–water partition coefficient (Wildman–Crippen LogP) is 2.85. The van der Waals surface area contributed by atoms with Crippen molar-refractivity contribution in [3.05, 3.63) is 5.89 Å². The summed E-state index contributed by atoms with van der Waals surface area (Å²) in [7, 11) is 2.20. The second-order valence-corrected chi connectivity index (χ2v) is 7.63. The van der Waals surface area contributed by atoms with Gasteiger partial charge in [0.1, 0.15) is 0 Å². The molecule has 1 saturated carbocycles. The highest BCUT2D eigenvalue weighted by atomic mass is 32.2. The third-order valence-electron chi connectivity index (χ3n) is 4.82. The van der Waals surface area contributed by atoms with Crippen molar-refractivity contribution in [3.8, 4) is 0 Å². The van der Waals surface area contributed by atoms with Crippen LogP contribution in [0.4, 0.5) is 0 Å². The Morgan fingerprint density at radius 3 is 2.64 bits per heavy atom. The Hall–Kier alpha value is -0.590. The molecule has 2 fully saturated rings. The van der Waals surface area contributed by atoms with Crippen molar-refractivity contribution in [2.45, 2.75) is 49.7 Å². The van der Waals surface area contributed by atoms with Crippen LogP contribution in [0.15, 0.2) is 9.64 Å². The highest BCUT2D eigenvalue weighted by Crippen LogP contribution is 2.32. The molecule has 1 aliphatic carbocycles. The highest BCUT2D eigenvalue weighted by molar-refractivity contribution is 7.99. The van der Waals surface area contributed by atoms with Crippen LogP contribution >= 0.6 is 11.8 Å². The number of thioether (sulfide) groups is 1. The fraction of sp³-hybridized carbons (Fsp3) is 0.875. The molecular formula is C16H28N4OS. The molecule has 2 heterocycles. The van der Waals surface area contributed by atoms with Crippen LogP contribution in [0.5, 0.6) is 0 Å². The second kappa shape index (κ2) is 8.31. The fourth-order valence-electron chi connectivity index (χ4n) is 3.31. The van der Waals surface area contributed by atoms with Crippen molar-refractivity contribution in [1.29, 1.82) is 0 Å². The van der Waals surface area contributed by atoms with Gasteiger partial charge in [0.15, 0.2) is 0 Å². The van der Waals surface area contributed by atoms with Gasteiger partial charge in [0.2, 0.25) is 5.89 Å². The summed E-state index contributed by atoms with van der Waals surface area (Å²) < 4.78 is 5.85. The van der Waals surface area contributed by atoms with Crippen LogP contribution in [0.3, 0.4) is 0 Å². The highest BCUT2D eigenvalue weighted by Gasteiger charge is 2.21. The van der Waals surface area contributed by atoms with Gasteiger partial charge < -0.3 is 14.2 Å². The number of nitrogens with zero attached hydrogens (tertiary/aromatic N) is 4. The van der Waals surface area contributed by atoms with Gasteiger partial charge in [0.25, 0.3) is 5.22 Å². The van der Waals surface area contributed by atoms with Crippen LogP contribution < -0.4 is 0 Å². The van der Waals surface area contributed by atoms with Gasteiger partial charge in [0, 0.05) is 37.8 Å². The standard InChI is InChI=1S/C16H28N4OS/c1-19-9-11-20(12-10-19)8-5-13-22-16-18-17-15(21-16)14-6-3-2-4-7-14/h14H,2-13H2,1H3. The molecule has 5 nitrogen and oxygen atoms in total. The van der Waals surface area contributed by atoms with E-state index in [1.807, 2.05) is 0 Å². The quantitative estimate of drug-likeness (QED) is 0.592. The predicted molar refractivity (Wildman–Crippen MR) is 89.4 cm³/mol. The molecule has 6 heteroatoms. The van der Waals surface area contributed by atoms with Crippen molar-refractivity contribution in [2.75, 3.05) is 45.5 Å². The van der Waals surface area contributed by atoms with Crippen LogP contribution in [0.25, 0.3) is 0 Å². The zero-order chi connectivity index (χ0) is 15.2. The third kappa shape index (κ3) is 4.70. The monoisotopic (exact) mass is 324 g/mol. The Kier molecular flexibility index (Phi) is 6.15. The molecule has 124 valence electrons. The van der Waals surface area contributed by atoms with E-state index in [1.54, 1.807) is 11.8 Å². The lowest BCUT2D eigenvalue weighted by Gasteiger charge is -2.32. The molecule has 1 aromatic heterocycles. The molecule has 0 radical (unpaired) electrons. The molecule has 0 unspecified atom stereocenters. The van der Waals surface area contributed by atoms with E-state index in [2.05, 4.69) is 27.0 Å². The van der Waals surface area contributed by atoms with E-state index in [0.29, 0.717) is 5.92 Å². The molecule has 3 rings (SSSR count). The molecule has 1 saturated heterocycles. The lowest BCUT2D eigenvalue weighted by atomic mass is 9.89. The lowest BCUT2D eigenvalue weighted by molar-refractivity contribution is 0.154. The number of rotatable bonds is 6. The number of hydrogen-bond acceptors (Lipinski definition) is 6. The van der Waals surface area contributed by atoms with Gasteiger partial charge >= 0.3 is 0 Å². The molecule has 1 aromatic rings. The van der Waals surface area contributed by atoms with E-state index < -0.39 is 0 Å². The summed E-state index contributed by atoms with van der Waals surface area (Å²) in [5, 5.41) is 9.24. The van der Waals surface area contributed by atoms with Gasteiger partial charge in [-0.15, -0.1) is 10.2 Å². The van der Waals surface area contributed by atoms with Gasteiger partial charge in [-0.3, -0.25) is 0 Å². The molecule has 0 N–H and O–H groups in total. The van der Waals surface area contributed by atoms with Crippen molar-refractivity contribution in [3.63, 3.8) is 0 Å². The summed E-state index contributed by atoms with van der Waals surface area (Å²) >= 11 is 1.72. The Bertz CT molecular complexity index is 439. The van der Waals surface area contributed by atoms with Crippen LogP contribution in [-0.2, 0) is 0 Å². The maximum atomic E-state index is 5.85. The topological polar surface area (TPSA) is 45.4 Å². The minimum atomic E-state index is 0.515. The molecule has 0 aromatic carbocycles. The summed E-state index contributed by atoms with van der Waals surface area (Å²) in [6, 6.07) is 0. The molecule has 0 amide bonds. The molecule has 1 aliphatic heterocycles. The van der Waals surface area contributed by atoms with Gasteiger partial charge in [-0.1, -0.05) is 31.0 Å². The first-order valence-corrected chi connectivity index (χ1v) is 9.67. The fourth-order valence-corrected chi connectivity index (χ4v) is 4.00. The van der Waals surface area contributed by atoms with Gasteiger partial charge in [-0.25, -0.2) is 0 Å². The SMILES string of the molecule is CN1CCN(CCCSc2nnc(C3CCCCC3)o2)CC1. The van der Waals surface area contributed by atoms with E-state index >= 15 is 0 Å². The summed E-state index contributed by atoms with van der Waals surface area (Å²) in [6.45, 7) is 5.98. The first-order valence-electron chi connectivity index (χ1n) is 8.68. The van der Waals surface area contributed by atoms with Crippen LogP contribution in [0.1, 0.15) is 50.3 Å². The van der Waals surface area contributed by atoms with Crippen molar-refractivity contribution < 1.29 is 4.42 Å². The maximum absolute atomic E-state index is 5.85. The molecular weight excluding hydrogens is 296 g/mol. The van der Waals surface area contributed by atoms with Crippen molar-refractivity contribution in [2.24, 2.45) is 0 Å². The normalized spacial score (nSPS) is 22.2. The minimum Gasteiger partial charge on any atom is -0.416 e. The zero-order valence-electron chi connectivity index (χ0n) is 13.7. The van der Waals surface area contributed by atoms with E-state index in [9.17, 15) is 0 Å². The minimum absolute atomic E-state index is 0.515. The van der Waals surface area contributed by atoms with Gasteiger partial charge in [-0.2, -0.15) is 0 Å².